The number of hydrogen-bond donors (Lipinski definition) is 1. The second-order valence-electron chi connectivity index (χ2n) is 19.9. The summed E-state index contributed by atoms with van der Waals surface area (Å²) in [5.41, 5.74) is 0. The van der Waals surface area contributed by atoms with Gasteiger partial charge in [0.2, 0.25) is 0 Å². The SMILES string of the molecule is CCCCCCC/C=C\C/C=C\CCCCCCCCCCCCCCCCCCCCCCCCCC(=O)OC(COC(=O)CCCCCCC)COC(OCC[N+](C)(C)C)C(=O)O. The van der Waals surface area contributed by atoms with Crippen LogP contribution in [0.5, 0.6) is 0 Å². The van der Waals surface area contributed by atoms with Gasteiger partial charge in [0.15, 0.2) is 6.10 Å². The van der Waals surface area contributed by atoms with Gasteiger partial charge in [-0.3, -0.25) is 9.59 Å². The number of allylic oxidation sites excluding steroid dienone is 4. The molecule has 65 heavy (non-hydrogen) atoms. The van der Waals surface area contributed by atoms with Crippen LogP contribution in [0, 0.1) is 0 Å². The molecule has 2 atom stereocenters. The van der Waals surface area contributed by atoms with Crippen LogP contribution >= 0.6 is 0 Å². The Morgan fingerprint density at radius 3 is 1.22 bits per heavy atom. The molecule has 0 aliphatic heterocycles. The molecule has 0 aliphatic carbocycles. The summed E-state index contributed by atoms with van der Waals surface area (Å²) in [4.78, 5) is 36.9. The summed E-state index contributed by atoms with van der Waals surface area (Å²) in [7, 11) is 5.95. The van der Waals surface area contributed by atoms with Gasteiger partial charge in [0.05, 0.1) is 34.4 Å². The zero-order chi connectivity index (χ0) is 47.7. The second-order valence-corrected chi connectivity index (χ2v) is 19.9. The van der Waals surface area contributed by atoms with E-state index in [0.29, 0.717) is 17.4 Å². The number of carbonyl (C=O) groups excluding carboxylic acids is 2. The fraction of sp³-hybridized carbons (Fsp3) is 0.875. The predicted octanol–water partition coefficient (Wildman–Crippen LogP) is 15.6. The molecule has 0 saturated heterocycles. The monoisotopic (exact) mass is 921 g/mol. The molecular weight excluding hydrogens is 815 g/mol. The fourth-order valence-electron chi connectivity index (χ4n) is 7.93. The quantitative estimate of drug-likeness (QED) is 0.0211. The molecule has 1 N–H and O–H groups in total. The lowest BCUT2D eigenvalue weighted by atomic mass is 10.0. The number of quaternary nitrogens is 1. The number of ether oxygens (including phenoxy) is 4. The van der Waals surface area contributed by atoms with Crippen molar-refractivity contribution in [1.82, 2.24) is 0 Å². The Labute approximate surface area is 401 Å². The first kappa shape index (κ1) is 62.8. The van der Waals surface area contributed by atoms with Crippen LogP contribution < -0.4 is 0 Å². The Balaban J connectivity index is 3.83. The van der Waals surface area contributed by atoms with Crippen LogP contribution in [0.15, 0.2) is 24.3 Å². The van der Waals surface area contributed by atoms with E-state index in [1.165, 1.54) is 173 Å². The number of esters is 2. The Kier molecular flexibility index (Phi) is 46.6. The number of nitrogens with zero attached hydrogens (tertiary/aromatic N) is 1. The van der Waals surface area contributed by atoms with Crippen LogP contribution in [-0.4, -0.2) is 87.4 Å². The third-order valence-corrected chi connectivity index (χ3v) is 12.2. The van der Waals surface area contributed by atoms with E-state index >= 15 is 0 Å². The van der Waals surface area contributed by atoms with Crippen molar-refractivity contribution in [3.05, 3.63) is 24.3 Å². The maximum atomic E-state index is 12.7. The van der Waals surface area contributed by atoms with Crippen molar-refractivity contribution in [2.75, 3.05) is 47.5 Å². The number of carbonyl (C=O) groups is 3. The summed E-state index contributed by atoms with van der Waals surface area (Å²) in [5, 5.41) is 9.60. The molecule has 0 amide bonds. The molecule has 382 valence electrons. The zero-order valence-electron chi connectivity index (χ0n) is 43.4. The van der Waals surface area contributed by atoms with Crippen LogP contribution in [0.1, 0.15) is 258 Å². The molecule has 0 heterocycles. The first-order valence-corrected chi connectivity index (χ1v) is 27.5. The topological polar surface area (TPSA) is 108 Å². The molecule has 0 spiro atoms. The number of hydrogen-bond acceptors (Lipinski definition) is 7. The highest BCUT2D eigenvalue weighted by molar-refractivity contribution is 5.71. The van der Waals surface area contributed by atoms with Crippen molar-refractivity contribution in [1.29, 1.82) is 0 Å². The van der Waals surface area contributed by atoms with Crippen molar-refractivity contribution < 1.29 is 42.9 Å². The summed E-state index contributed by atoms with van der Waals surface area (Å²) in [6.45, 7) is 4.79. The van der Waals surface area contributed by atoms with Crippen molar-refractivity contribution in [2.45, 2.75) is 270 Å². The highest BCUT2D eigenvalue weighted by Gasteiger charge is 2.25. The average molecular weight is 921 g/mol. The van der Waals surface area contributed by atoms with Gasteiger partial charge in [0.1, 0.15) is 13.2 Å². The van der Waals surface area contributed by atoms with Gasteiger partial charge in [-0.2, -0.15) is 0 Å². The molecule has 0 rings (SSSR count). The van der Waals surface area contributed by atoms with E-state index in [9.17, 15) is 19.5 Å². The average Bonchev–Trinajstić information content (AvgIpc) is 3.27. The predicted molar refractivity (Wildman–Crippen MR) is 272 cm³/mol. The maximum Gasteiger partial charge on any atom is 0.361 e. The van der Waals surface area contributed by atoms with E-state index in [0.717, 1.165) is 57.8 Å². The lowest BCUT2D eigenvalue weighted by Gasteiger charge is -2.25. The van der Waals surface area contributed by atoms with Crippen molar-refractivity contribution in [3.63, 3.8) is 0 Å². The van der Waals surface area contributed by atoms with Gasteiger partial charge in [-0.15, -0.1) is 0 Å². The molecule has 0 bridgehead atoms. The van der Waals surface area contributed by atoms with Crippen LogP contribution in [0.2, 0.25) is 0 Å². The smallest absolute Gasteiger partial charge is 0.361 e. The fourth-order valence-corrected chi connectivity index (χ4v) is 7.93. The molecule has 9 nitrogen and oxygen atoms in total. The van der Waals surface area contributed by atoms with Gasteiger partial charge in [-0.25, -0.2) is 4.79 Å². The number of unbranched alkanes of at least 4 members (excludes halogenated alkanes) is 32. The van der Waals surface area contributed by atoms with E-state index in [1.807, 2.05) is 21.1 Å². The van der Waals surface area contributed by atoms with Crippen LogP contribution in [-0.2, 0) is 33.3 Å². The molecule has 0 radical (unpaired) electrons. The Morgan fingerprint density at radius 2 is 0.831 bits per heavy atom. The van der Waals surface area contributed by atoms with Gasteiger partial charge < -0.3 is 28.5 Å². The highest BCUT2D eigenvalue weighted by Crippen LogP contribution is 2.17. The normalized spacial score (nSPS) is 12.9. The lowest BCUT2D eigenvalue weighted by Crippen LogP contribution is -2.40. The maximum absolute atomic E-state index is 12.7. The largest absolute Gasteiger partial charge is 0.477 e. The van der Waals surface area contributed by atoms with Crippen molar-refractivity contribution in [3.8, 4) is 0 Å². The first-order valence-electron chi connectivity index (χ1n) is 27.5. The van der Waals surface area contributed by atoms with E-state index in [-0.39, 0.29) is 32.2 Å². The Hall–Kier alpha value is -2.23. The number of rotatable bonds is 51. The third-order valence-electron chi connectivity index (χ3n) is 12.2. The summed E-state index contributed by atoms with van der Waals surface area (Å²) < 4.78 is 22.6. The summed E-state index contributed by atoms with van der Waals surface area (Å²) in [5.74, 6) is -2.01. The Morgan fingerprint density at radius 1 is 0.462 bits per heavy atom. The standard InChI is InChI=1S/C56H105NO8/c1-6-8-10-12-13-14-15-16-17-18-19-20-21-22-23-24-25-26-27-28-29-30-31-32-33-34-35-36-37-38-39-40-41-43-45-47-54(59)65-52(50-63-53(58)46-44-42-11-9-7-2)51-64-56(55(60)61)62-49-48-57(3,4)5/h15-16,18-19,52,56H,6-14,17,20-51H2,1-5H3/p+1/b16-15-,19-18-. The molecule has 0 aromatic heterocycles. The summed E-state index contributed by atoms with van der Waals surface area (Å²) >= 11 is 0. The van der Waals surface area contributed by atoms with Crippen LogP contribution in [0.3, 0.4) is 0 Å². The van der Waals surface area contributed by atoms with Gasteiger partial charge in [-0.1, -0.05) is 224 Å². The first-order chi connectivity index (χ1) is 31.6. The number of carboxylic acids is 1. The minimum atomic E-state index is -1.50. The van der Waals surface area contributed by atoms with Crippen molar-refractivity contribution in [2.24, 2.45) is 0 Å². The minimum absolute atomic E-state index is 0.178. The lowest BCUT2D eigenvalue weighted by molar-refractivity contribution is -0.870. The van der Waals surface area contributed by atoms with Crippen LogP contribution in [0.4, 0.5) is 0 Å². The molecule has 0 aromatic carbocycles. The van der Waals surface area contributed by atoms with E-state index in [2.05, 4.69) is 38.2 Å². The number of aliphatic carboxylic acids is 1. The molecule has 9 heteroatoms. The molecule has 0 aliphatic rings. The van der Waals surface area contributed by atoms with E-state index < -0.39 is 24.3 Å². The summed E-state index contributed by atoms with van der Waals surface area (Å²) in [6, 6.07) is 0. The Bertz CT molecular complexity index is 1120. The van der Waals surface area contributed by atoms with Crippen LogP contribution in [0.25, 0.3) is 0 Å². The molecule has 0 saturated carbocycles. The second kappa shape index (κ2) is 48.2. The number of likely N-dealkylation sites (N-methyl/N-ethyl adjacent to an activating group) is 1. The van der Waals surface area contributed by atoms with Crippen molar-refractivity contribution >= 4 is 17.9 Å². The van der Waals surface area contributed by atoms with E-state index in [4.69, 9.17) is 18.9 Å². The van der Waals surface area contributed by atoms with Gasteiger partial charge in [0.25, 0.3) is 6.29 Å². The van der Waals surface area contributed by atoms with Gasteiger partial charge in [-0.05, 0) is 44.9 Å². The minimum Gasteiger partial charge on any atom is -0.477 e. The zero-order valence-corrected chi connectivity index (χ0v) is 43.4. The molecular formula is C56H106NO8+. The van der Waals surface area contributed by atoms with Gasteiger partial charge >= 0.3 is 17.9 Å². The number of carboxylic acid groups (broad SMARTS) is 1. The molecule has 0 aromatic rings. The van der Waals surface area contributed by atoms with Gasteiger partial charge in [0, 0.05) is 12.8 Å². The highest BCUT2D eigenvalue weighted by atomic mass is 16.7. The summed E-state index contributed by atoms with van der Waals surface area (Å²) in [6.07, 6.45) is 53.3. The van der Waals surface area contributed by atoms with E-state index in [1.54, 1.807) is 0 Å². The third kappa shape index (κ3) is 49.5. The molecule has 0 fully saturated rings. The molecule has 2 unspecified atom stereocenters.